The Morgan fingerprint density at radius 1 is 1.40 bits per heavy atom. The molecule has 2 N–H and O–H groups in total. The summed E-state index contributed by atoms with van der Waals surface area (Å²) < 4.78 is 15.6. The standard InChI is InChI=1S/C9H19O5P/c1-4-14-9(10)8(5-7(2)3)6-15(11,12)13/h7-8H,4-6H2,1-3H3,(H2,11,12,13). The number of carbonyl (C=O) groups is 1. The van der Waals surface area contributed by atoms with Gasteiger partial charge in [0.05, 0.1) is 18.7 Å². The van der Waals surface area contributed by atoms with E-state index < -0.39 is 25.6 Å². The van der Waals surface area contributed by atoms with Gasteiger partial charge in [-0.05, 0) is 19.3 Å². The van der Waals surface area contributed by atoms with Gasteiger partial charge in [-0.25, -0.2) is 0 Å². The Morgan fingerprint density at radius 3 is 2.27 bits per heavy atom. The Balaban J connectivity index is 4.44. The van der Waals surface area contributed by atoms with Gasteiger partial charge >= 0.3 is 13.6 Å². The molecule has 0 amide bonds. The van der Waals surface area contributed by atoms with E-state index in [1.54, 1.807) is 6.92 Å². The molecule has 0 heterocycles. The molecule has 0 spiro atoms. The molecule has 0 aromatic heterocycles. The second-order valence-corrected chi connectivity index (χ2v) is 5.62. The highest BCUT2D eigenvalue weighted by atomic mass is 31.2. The summed E-state index contributed by atoms with van der Waals surface area (Å²) in [6.45, 7) is 5.69. The van der Waals surface area contributed by atoms with Crippen molar-refractivity contribution >= 4 is 13.6 Å². The number of rotatable bonds is 6. The fraction of sp³-hybridized carbons (Fsp3) is 0.889. The summed E-state index contributed by atoms with van der Waals surface area (Å²) in [4.78, 5) is 29.0. The van der Waals surface area contributed by atoms with Crippen LogP contribution in [0.5, 0.6) is 0 Å². The highest BCUT2D eigenvalue weighted by Gasteiger charge is 2.28. The van der Waals surface area contributed by atoms with E-state index in [2.05, 4.69) is 0 Å². The lowest BCUT2D eigenvalue weighted by molar-refractivity contribution is -0.147. The van der Waals surface area contributed by atoms with Crippen LogP contribution in [-0.2, 0) is 14.1 Å². The molecule has 90 valence electrons. The van der Waals surface area contributed by atoms with Crippen LogP contribution in [0.4, 0.5) is 0 Å². The molecule has 0 aliphatic carbocycles. The largest absolute Gasteiger partial charge is 0.466 e. The lowest BCUT2D eigenvalue weighted by Crippen LogP contribution is -2.23. The van der Waals surface area contributed by atoms with Gasteiger partial charge in [-0.2, -0.15) is 0 Å². The van der Waals surface area contributed by atoms with E-state index >= 15 is 0 Å². The van der Waals surface area contributed by atoms with E-state index in [9.17, 15) is 9.36 Å². The Bertz CT molecular complexity index is 245. The minimum absolute atomic E-state index is 0.200. The molecule has 1 unspecified atom stereocenters. The Kier molecular flexibility index (Phi) is 6.10. The van der Waals surface area contributed by atoms with E-state index in [0.29, 0.717) is 6.42 Å². The van der Waals surface area contributed by atoms with Crippen LogP contribution in [0.2, 0.25) is 0 Å². The summed E-state index contributed by atoms with van der Waals surface area (Å²) in [5, 5.41) is 0. The van der Waals surface area contributed by atoms with Gasteiger partial charge < -0.3 is 14.5 Å². The quantitative estimate of drug-likeness (QED) is 0.539. The Morgan fingerprint density at radius 2 is 1.93 bits per heavy atom. The van der Waals surface area contributed by atoms with E-state index in [-0.39, 0.29) is 12.5 Å². The molecule has 0 rings (SSSR count). The van der Waals surface area contributed by atoms with Crippen LogP contribution in [0.15, 0.2) is 0 Å². The van der Waals surface area contributed by atoms with Crippen molar-refractivity contribution in [1.82, 2.24) is 0 Å². The third kappa shape index (κ3) is 7.54. The van der Waals surface area contributed by atoms with Crippen LogP contribution in [0.3, 0.4) is 0 Å². The zero-order valence-electron chi connectivity index (χ0n) is 9.34. The topological polar surface area (TPSA) is 83.8 Å². The third-order valence-corrected chi connectivity index (χ3v) is 2.75. The Hall–Kier alpha value is -0.380. The number of hydrogen-bond donors (Lipinski definition) is 2. The predicted molar refractivity (Wildman–Crippen MR) is 56.5 cm³/mol. The van der Waals surface area contributed by atoms with Crippen molar-refractivity contribution in [3.8, 4) is 0 Å². The fourth-order valence-corrected chi connectivity index (χ4v) is 2.23. The zero-order valence-corrected chi connectivity index (χ0v) is 10.2. The van der Waals surface area contributed by atoms with Gasteiger partial charge in [-0.1, -0.05) is 13.8 Å². The smallest absolute Gasteiger partial charge is 0.326 e. The van der Waals surface area contributed by atoms with E-state index in [1.807, 2.05) is 13.8 Å². The van der Waals surface area contributed by atoms with Crippen molar-refractivity contribution in [2.24, 2.45) is 11.8 Å². The molecule has 0 bridgehead atoms. The van der Waals surface area contributed by atoms with Crippen LogP contribution in [-0.4, -0.2) is 28.5 Å². The monoisotopic (exact) mass is 238 g/mol. The molecule has 6 heteroatoms. The molecule has 15 heavy (non-hydrogen) atoms. The summed E-state index contributed by atoms with van der Waals surface area (Å²) in [5.41, 5.74) is 0. The molecule has 0 aromatic rings. The first-order valence-electron chi connectivity index (χ1n) is 4.97. The fourth-order valence-electron chi connectivity index (χ4n) is 1.36. The summed E-state index contributed by atoms with van der Waals surface area (Å²) in [6.07, 6.45) is 0.00789. The normalized spacial score (nSPS) is 14.0. The molecule has 0 aliphatic heterocycles. The Labute approximate surface area is 90.0 Å². The van der Waals surface area contributed by atoms with Crippen LogP contribution in [0.25, 0.3) is 0 Å². The molecule has 0 aromatic carbocycles. The zero-order chi connectivity index (χ0) is 12.1. The SMILES string of the molecule is CCOC(=O)C(CC(C)C)CP(=O)(O)O. The maximum absolute atomic E-state index is 11.4. The summed E-state index contributed by atoms with van der Waals surface area (Å²) in [5.74, 6) is -1.02. The van der Waals surface area contributed by atoms with Crippen molar-refractivity contribution in [3.05, 3.63) is 0 Å². The van der Waals surface area contributed by atoms with Gasteiger partial charge in [0.15, 0.2) is 0 Å². The van der Waals surface area contributed by atoms with Crippen molar-refractivity contribution in [3.63, 3.8) is 0 Å². The summed E-state index contributed by atoms with van der Waals surface area (Å²) >= 11 is 0. The molecular formula is C9H19O5P. The first-order valence-corrected chi connectivity index (χ1v) is 6.77. The molecule has 0 aliphatic rings. The minimum atomic E-state index is -4.16. The molecule has 0 saturated heterocycles. The predicted octanol–water partition coefficient (Wildman–Crippen LogP) is 1.39. The maximum atomic E-state index is 11.4. The number of ether oxygens (including phenoxy) is 1. The molecule has 1 atom stereocenters. The van der Waals surface area contributed by atoms with Gasteiger partial charge in [-0.3, -0.25) is 9.36 Å². The minimum Gasteiger partial charge on any atom is -0.466 e. The second kappa shape index (κ2) is 6.26. The van der Waals surface area contributed by atoms with Crippen LogP contribution in [0.1, 0.15) is 27.2 Å². The van der Waals surface area contributed by atoms with Crippen molar-refractivity contribution in [2.75, 3.05) is 12.8 Å². The van der Waals surface area contributed by atoms with Gasteiger partial charge in [-0.15, -0.1) is 0 Å². The highest BCUT2D eigenvalue weighted by molar-refractivity contribution is 7.51. The van der Waals surface area contributed by atoms with Crippen LogP contribution < -0.4 is 0 Å². The molecule has 0 radical (unpaired) electrons. The number of carbonyl (C=O) groups excluding carboxylic acids is 1. The van der Waals surface area contributed by atoms with Crippen molar-refractivity contribution in [1.29, 1.82) is 0 Å². The first-order chi connectivity index (χ1) is 6.76. The van der Waals surface area contributed by atoms with Gasteiger partial charge in [0.25, 0.3) is 0 Å². The van der Waals surface area contributed by atoms with Gasteiger partial charge in [0.1, 0.15) is 0 Å². The van der Waals surface area contributed by atoms with Crippen LogP contribution >= 0.6 is 7.60 Å². The average Bonchev–Trinajstić information content (AvgIpc) is 1.99. The summed E-state index contributed by atoms with van der Waals surface area (Å²) in [7, 11) is -4.16. The van der Waals surface area contributed by atoms with Gasteiger partial charge in [0, 0.05) is 0 Å². The van der Waals surface area contributed by atoms with Crippen molar-refractivity contribution < 1.29 is 23.9 Å². The second-order valence-electron chi connectivity index (χ2n) is 3.93. The maximum Gasteiger partial charge on any atom is 0.326 e. The molecule has 0 saturated carbocycles. The lowest BCUT2D eigenvalue weighted by atomic mass is 9.99. The first kappa shape index (κ1) is 14.6. The van der Waals surface area contributed by atoms with Gasteiger partial charge in [0.2, 0.25) is 0 Å². The molecule has 5 nitrogen and oxygen atoms in total. The van der Waals surface area contributed by atoms with E-state index in [4.69, 9.17) is 14.5 Å². The third-order valence-electron chi connectivity index (χ3n) is 1.83. The molecule has 0 fully saturated rings. The number of esters is 1. The molecular weight excluding hydrogens is 219 g/mol. The van der Waals surface area contributed by atoms with Crippen molar-refractivity contribution in [2.45, 2.75) is 27.2 Å². The average molecular weight is 238 g/mol. The summed E-state index contributed by atoms with van der Waals surface area (Å²) in [6, 6.07) is 0. The number of hydrogen-bond acceptors (Lipinski definition) is 3. The van der Waals surface area contributed by atoms with Crippen LogP contribution in [0, 0.1) is 11.8 Å². The lowest BCUT2D eigenvalue weighted by Gasteiger charge is -2.17. The van der Waals surface area contributed by atoms with E-state index in [1.165, 1.54) is 0 Å². The highest BCUT2D eigenvalue weighted by Crippen LogP contribution is 2.38. The van der Waals surface area contributed by atoms with E-state index in [0.717, 1.165) is 0 Å².